The fraction of sp³-hybridized carbons (Fsp3) is 0.333. The number of hydrogen-bond donors (Lipinski definition) is 2. The first-order valence-electron chi connectivity index (χ1n) is 9.40. The van der Waals surface area contributed by atoms with E-state index in [1.165, 1.54) is 12.1 Å². The van der Waals surface area contributed by atoms with Gasteiger partial charge in [-0.2, -0.15) is 13.2 Å². The summed E-state index contributed by atoms with van der Waals surface area (Å²) in [4.78, 5) is 19.3. The number of nitrogens with two attached hydrogens (primary N) is 1. The molecule has 3 aromatic rings. The van der Waals surface area contributed by atoms with Crippen LogP contribution in [0.15, 0.2) is 36.8 Å². The normalized spacial score (nSPS) is 11.8. The van der Waals surface area contributed by atoms with Gasteiger partial charge in [0.25, 0.3) is 5.91 Å². The first kappa shape index (κ1) is 20.7. The van der Waals surface area contributed by atoms with Crippen molar-refractivity contribution < 1.29 is 18.0 Å². The number of nitrogens with zero attached hydrogens (tertiary/aromatic N) is 2. The zero-order chi connectivity index (χ0) is 21.2. The summed E-state index contributed by atoms with van der Waals surface area (Å²) in [5.74, 6) is -0.588. The van der Waals surface area contributed by atoms with Gasteiger partial charge < -0.3 is 15.3 Å². The fourth-order valence-corrected chi connectivity index (χ4v) is 3.69. The Labute approximate surface area is 166 Å². The standard InChI is InChI=1S/C21H23F3N4O/c1-3-4-17-19(14-5-7-15(8-6-14)21(22,23)24)18(20(25)29)13(2)28(17)10-9-16-11-26-12-27-16/h5-8,11-12H,3-4,9-10H2,1-2H3,(H2,25,29)(H,26,27). The van der Waals surface area contributed by atoms with Gasteiger partial charge in [-0.15, -0.1) is 0 Å². The number of halogens is 3. The monoisotopic (exact) mass is 404 g/mol. The van der Waals surface area contributed by atoms with Gasteiger partial charge in [-0.25, -0.2) is 4.98 Å². The maximum Gasteiger partial charge on any atom is 0.416 e. The van der Waals surface area contributed by atoms with E-state index in [0.717, 1.165) is 35.6 Å². The minimum absolute atomic E-state index is 0.359. The van der Waals surface area contributed by atoms with E-state index in [2.05, 4.69) is 9.97 Å². The summed E-state index contributed by atoms with van der Waals surface area (Å²) >= 11 is 0. The number of benzene rings is 1. The molecule has 0 fully saturated rings. The molecule has 0 atom stereocenters. The molecule has 29 heavy (non-hydrogen) atoms. The van der Waals surface area contributed by atoms with E-state index in [-0.39, 0.29) is 0 Å². The van der Waals surface area contributed by atoms with Gasteiger partial charge in [-0.3, -0.25) is 4.79 Å². The highest BCUT2D eigenvalue weighted by molar-refractivity contribution is 6.02. The van der Waals surface area contributed by atoms with E-state index in [0.29, 0.717) is 36.1 Å². The molecule has 5 nitrogen and oxygen atoms in total. The van der Waals surface area contributed by atoms with E-state index < -0.39 is 17.6 Å². The molecule has 3 rings (SSSR count). The Bertz CT molecular complexity index is 987. The maximum absolute atomic E-state index is 12.9. The Balaban J connectivity index is 2.11. The third-order valence-corrected chi connectivity index (χ3v) is 5.02. The number of rotatable bonds is 7. The molecule has 2 heterocycles. The molecule has 0 bridgehead atoms. The molecule has 0 saturated heterocycles. The number of H-pyrrole nitrogens is 1. The third-order valence-electron chi connectivity index (χ3n) is 5.02. The molecule has 2 aromatic heterocycles. The summed E-state index contributed by atoms with van der Waals surface area (Å²) < 4.78 is 40.9. The van der Waals surface area contributed by atoms with Gasteiger partial charge in [0, 0.05) is 41.8 Å². The Morgan fingerprint density at radius 3 is 2.41 bits per heavy atom. The molecule has 154 valence electrons. The number of primary amides is 1. The first-order valence-corrected chi connectivity index (χ1v) is 9.40. The number of imidazole rings is 1. The van der Waals surface area contributed by atoms with Crippen molar-refractivity contribution in [2.75, 3.05) is 0 Å². The van der Waals surface area contributed by atoms with E-state index in [1.807, 2.05) is 18.4 Å². The number of carbonyl (C=O) groups is 1. The molecule has 0 spiro atoms. The summed E-state index contributed by atoms with van der Waals surface area (Å²) in [5, 5.41) is 0. The lowest BCUT2D eigenvalue weighted by atomic mass is 9.97. The van der Waals surface area contributed by atoms with Crippen LogP contribution in [0.25, 0.3) is 11.1 Å². The van der Waals surface area contributed by atoms with Crippen LogP contribution in [-0.2, 0) is 25.6 Å². The van der Waals surface area contributed by atoms with Crippen molar-refractivity contribution in [2.45, 2.75) is 45.8 Å². The molecule has 3 N–H and O–H groups in total. The van der Waals surface area contributed by atoms with Gasteiger partial charge >= 0.3 is 6.18 Å². The highest BCUT2D eigenvalue weighted by atomic mass is 19.4. The van der Waals surface area contributed by atoms with Gasteiger partial charge in [-0.1, -0.05) is 25.5 Å². The number of aromatic nitrogens is 3. The number of hydrogen-bond acceptors (Lipinski definition) is 2. The van der Waals surface area contributed by atoms with Crippen molar-refractivity contribution in [2.24, 2.45) is 5.73 Å². The van der Waals surface area contributed by atoms with Crippen LogP contribution in [0.4, 0.5) is 13.2 Å². The second-order valence-electron chi connectivity index (χ2n) is 6.95. The number of carbonyl (C=O) groups excluding carboxylic acids is 1. The maximum atomic E-state index is 12.9. The SMILES string of the molecule is CCCc1c(-c2ccc(C(F)(F)F)cc2)c(C(N)=O)c(C)n1CCc1cnc[nH]1. The molecule has 0 aliphatic heterocycles. The number of aromatic amines is 1. The van der Waals surface area contributed by atoms with Crippen LogP contribution in [0, 0.1) is 6.92 Å². The van der Waals surface area contributed by atoms with Crippen molar-refractivity contribution in [3.05, 3.63) is 65.0 Å². The van der Waals surface area contributed by atoms with Gasteiger partial charge in [0.2, 0.25) is 0 Å². The van der Waals surface area contributed by atoms with Crippen LogP contribution in [0.5, 0.6) is 0 Å². The van der Waals surface area contributed by atoms with E-state index >= 15 is 0 Å². The van der Waals surface area contributed by atoms with Crippen molar-refractivity contribution in [3.8, 4) is 11.1 Å². The topological polar surface area (TPSA) is 76.7 Å². The van der Waals surface area contributed by atoms with Gasteiger partial charge in [-0.05, 0) is 31.0 Å². The molecule has 1 amide bonds. The van der Waals surface area contributed by atoms with E-state index in [9.17, 15) is 18.0 Å². The van der Waals surface area contributed by atoms with Crippen molar-refractivity contribution in [1.82, 2.24) is 14.5 Å². The van der Waals surface area contributed by atoms with Crippen LogP contribution in [0.2, 0.25) is 0 Å². The average Bonchev–Trinajstić information content (AvgIpc) is 3.26. The molecule has 0 saturated carbocycles. The summed E-state index contributed by atoms with van der Waals surface area (Å²) in [6.07, 6.45) is 1.10. The Kier molecular flexibility index (Phi) is 5.81. The van der Waals surface area contributed by atoms with Crippen LogP contribution in [0.3, 0.4) is 0 Å². The Morgan fingerprint density at radius 2 is 1.90 bits per heavy atom. The number of amides is 1. The summed E-state index contributed by atoms with van der Waals surface area (Å²) in [6, 6.07) is 4.88. The lowest BCUT2D eigenvalue weighted by Crippen LogP contribution is -2.14. The van der Waals surface area contributed by atoms with Gasteiger partial charge in [0.05, 0.1) is 17.5 Å². The molecule has 8 heteroatoms. The lowest BCUT2D eigenvalue weighted by molar-refractivity contribution is -0.137. The van der Waals surface area contributed by atoms with Crippen LogP contribution in [-0.4, -0.2) is 20.4 Å². The third kappa shape index (κ3) is 4.21. The number of nitrogens with one attached hydrogen (secondary N) is 1. The predicted molar refractivity (Wildman–Crippen MR) is 104 cm³/mol. The van der Waals surface area contributed by atoms with Gasteiger partial charge in [0.1, 0.15) is 0 Å². The van der Waals surface area contributed by atoms with Crippen molar-refractivity contribution in [3.63, 3.8) is 0 Å². The zero-order valence-corrected chi connectivity index (χ0v) is 16.3. The Morgan fingerprint density at radius 1 is 1.21 bits per heavy atom. The van der Waals surface area contributed by atoms with Crippen LogP contribution >= 0.6 is 0 Å². The first-order chi connectivity index (χ1) is 13.7. The summed E-state index contributed by atoms with van der Waals surface area (Å²) in [5.41, 5.74) is 9.05. The minimum Gasteiger partial charge on any atom is -0.366 e. The molecule has 0 unspecified atom stereocenters. The summed E-state index contributed by atoms with van der Waals surface area (Å²) in [7, 11) is 0. The molecule has 1 aromatic carbocycles. The molecular weight excluding hydrogens is 381 g/mol. The predicted octanol–water partition coefficient (Wildman–Crippen LogP) is 4.50. The molecule has 0 radical (unpaired) electrons. The van der Waals surface area contributed by atoms with E-state index in [4.69, 9.17) is 5.73 Å². The van der Waals surface area contributed by atoms with Crippen LogP contribution in [0.1, 0.15) is 46.3 Å². The quantitative estimate of drug-likeness (QED) is 0.608. The molecule has 0 aliphatic rings. The average molecular weight is 404 g/mol. The second kappa shape index (κ2) is 8.14. The fourth-order valence-electron chi connectivity index (χ4n) is 3.69. The Hall–Kier alpha value is -3.03. The number of alkyl halides is 3. The smallest absolute Gasteiger partial charge is 0.366 e. The molecular formula is C21H23F3N4O. The lowest BCUT2D eigenvalue weighted by Gasteiger charge is -2.13. The molecule has 0 aliphatic carbocycles. The van der Waals surface area contributed by atoms with Gasteiger partial charge in [0.15, 0.2) is 0 Å². The summed E-state index contributed by atoms with van der Waals surface area (Å²) in [6.45, 7) is 4.44. The second-order valence-corrected chi connectivity index (χ2v) is 6.95. The van der Waals surface area contributed by atoms with Crippen molar-refractivity contribution in [1.29, 1.82) is 0 Å². The van der Waals surface area contributed by atoms with E-state index in [1.54, 1.807) is 12.5 Å². The van der Waals surface area contributed by atoms with Crippen molar-refractivity contribution >= 4 is 5.91 Å². The largest absolute Gasteiger partial charge is 0.416 e. The number of aryl methyl sites for hydroxylation is 1. The van der Waals surface area contributed by atoms with Crippen LogP contribution < -0.4 is 5.73 Å². The highest BCUT2D eigenvalue weighted by Crippen LogP contribution is 2.36. The minimum atomic E-state index is -4.41. The highest BCUT2D eigenvalue weighted by Gasteiger charge is 2.31. The zero-order valence-electron chi connectivity index (χ0n) is 16.3.